The van der Waals surface area contributed by atoms with Crippen LogP contribution in [0.2, 0.25) is 17.7 Å². The third kappa shape index (κ3) is 11.5. The predicted molar refractivity (Wildman–Crippen MR) is 96.5 cm³/mol. The number of hydrogen-bond donors (Lipinski definition) is 1. The zero-order valence-electron chi connectivity index (χ0n) is 14.7. The van der Waals surface area contributed by atoms with E-state index in [0.717, 1.165) is 6.42 Å². The fourth-order valence-electron chi connectivity index (χ4n) is 2.92. The average molecular weight is 405 g/mol. The van der Waals surface area contributed by atoms with E-state index in [2.05, 4.69) is 26.8 Å². The molecule has 0 aromatic carbocycles. The summed E-state index contributed by atoms with van der Waals surface area (Å²) in [5, 5.41) is 8.75. The monoisotopic (exact) mass is 406 g/mol. The Balaban J connectivity index is 4.47. The molecule has 0 bridgehead atoms. The van der Waals surface area contributed by atoms with Crippen LogP contribution < -0.4 is 0 Å². The average Bonchev–Trinajstić information content (AvgIpc) is 2.51. The van der Waals surface area contributed by atoms with Crippen LogP contribution >= 0.6 is 0 Å². The molecule has 0 aromatic heterocycles. The predicted octanol–water partition coefficient (Wildman–Crippen LogP) is 5.75. The number of rotatable bonds is 15. The van der Waals surface area contributed by atoms with Gasteiger partial charge in [0.15, 0.2) is 0 Å². The van der Waals surface area contributed by atoms with Gasteiger partial charge in [0.2, 0.25) is 0 Å². The first-order valence-corrected chi connectivity index (χ1v) is 17.2. The molecule has 2 nitrogen and oxygen atoms in total. The Morgan fingerprint density at radius 1 is 0.857 bits per heavy atom. The summed E-state index contributed by atoms with van der Waals surface area (Å²) in [5.41, 5.74) is 0. The molecule has 0 amide bonds. The molecule has 0 fully saturated rings. The van der Waals surface area contributed by atoms with E-state index in [0.29, 0.717) is 6.61 Å². The van der Waals surface area contributed by atoms with Crippen LogP contribution in [0.15, 0.2) is 12.3 Å². The minimum absolute atomic E-state index is 0.223. The first kappa shape index (κ1) is 21.3. The molecule has 0 unspecified atom stereocenters. The van der Waals surface area contributed by atoms with Crippen LogP contribution in [0.4, 0.5) is 0 Å². The van der Waals surface area contributed by atoms with Crippen LogP contribution in [-0.2, 0) is 4.74 Å². The molecule has 0 heterocycles. The van der Waals surface area contributed by atoms with Gasteiger partial charge in [-0.25, -0.2) is 0 Å². The van der Waals surface area contributed by atoms with Crippen molar-refractivity contribution in [1.29, 1.82) is 0 Å². The van der Waals surface area contributed by atoms with Gasteiger partial charge in [0.05, 0.1) is 0 Å². The molecule has 0 aromatic rings. The molecule has 0 saturated carbocycles. The molecule has 0 rings (SSSR count). The van der Waals surface area contributed by atoms with Crippen molar-refractivity contribution in [1.82, 2.24) is 0 Å². The number of unbranched alkanes of at least 4 members (excludes halogenated alkanes) is 3. The molecule has 0 atom stereocenters. The van der Waals surface area contributed by atoms with Crippen molar-refractivity contribution in [3.05, 3.63) is 12.3 Å². The molecular weight excluding hydrogens is 367 g/mol. The van der Waals surface area contributed by atoms with Crippen LogP contribution in [0.25, 0.3) is 0 Å². The van der Waals surface area contributed by atoms with Crippen LogP contribution in [0, 0.1) is 0 Å². The van der Waals surface area contributed by atoms with Gasteiger partial charge in [-0.2, -0.15) is 0 Å². The Hall–Kier alpha value is 0.299. The molecule has 0 saturated heterocycles. The number of aliphatic hydroxyl groups is 1. The minimum atomic E-state index is -1.98. The van der Waals surface area contributed by atoms with E-state index in [1.165, 1.54) is 43.0 Å². The van der Waals surface area contributed by atoms with Gasteiger partial charge >= 0.3 is 137 Å². The second-order valence-electron chi connectivity index (χ2n) is 6.33. The van der Waals surface area contributed by atoms with Gasteiger partial charge in [-0.3, -0.25) is 0 Å². The van der Waals surface area contributed by atoms with Gasteiger partial charge in [0, 0.05) is 0 Å². The molecule has 21 heavy (non-hydrogen) atoms. The van der Waals surface area contributed by atoms with E-state index < -0.39 is 18.4 Å². The second kappa shape index (κ2) is 15.2. The number of hydrogen-bond acceptors (Lipinski definition) is 2. The molecule has 0 aliphatic carbocycles. The zero-order chi connectivity index (χ0) is 15.8. The molecule has 0 aliphatic rings. The maximum atomic E-state index is 8.75. The summed E-state index contributed by atoms with van der Waals surface area (Å²) in [6.07, 6.45) is 13.3. The van der Waals surface area contributed by atoms with Gasteiger partial charge in [0.25, 0.3) is 0 Å². The van der Waals surface area contributed by atoms with E-state index in [4.69, 9.17) is 9.84 Å². The first-order chi connectivity index (χ1) is 10.2. The molecule has 1 N–H and O–H groups in total. The van der Waals surface area contributed by atoms with Crippen LogP contribution in [0.5, 0.6) is 0 Å². The quantitative estimate of drug-likeness (QED) is 0.214. The Morgan fingerprint density at radius 3 is 1.81 bits per heavy atom. The van der Waals surface area contributed by atoms with Gasteiger partial charge in [-0.15, -0.1) is 0 Å². The summed E-state index contributed by atoms with van der Waals surface area (Å²) in [6.45, 7) is 7.84. The second-order valence-corrected chi connectivity index (χ2v) is 20.3. The number of ether oxygens (including phenoxy) is 1. The van der Waals surface area contributed by atoms with Crippen LogP contribution in [-0.4, -0.2) is 36.7 Å². The SMILES string of the molecule is CCC[CH2][Sn]([CH2]/C=C\OCCCO)([CH2]CCC)[CH2]CCC. The fraction of sp³-hybridized carbons (Fsp3) is 0.889. The summed E-state index contributed by atoms with van der Waals surface area (Å²) >= 11 is -1.98. The molecular formula is C18H38O2Sn. The summed E-state index contributed by atoms with van der Waals surface area (Å²) in [7, 11) is 0. The molecule has 0 radical (unpaired) electrons. The Bertz CT molecular complexity index is 220. The van der Waals surface area contributed by atoms with E-state index in [1.807, 2.05) is 6.26 Å². The third-order valence-electron chi connectivity index (χ3n) is 4.35. The van der Waals surface area contributed by atoms with Crippen molar-refractivity contribution in [2.75, 3.05) is 13.2 Å². The topological polar surface area (TPSA) is 29.5 Å². The van der Waals surface area contributed by atoms with Gasteiger partial charge in [-0.1, -0.05) is 0 Å². The molecule has 3 heteroatoms. The van der Waals surface area contributed by atoms with E-state index in [9.17, 15) is 0 Å². The van der Waals surface area contributed by atoms with E-state index >= 15 is 0 Å². The molecule has 0 aliphatic heterocycles. The van der Waals surface area contributed by atoms with Crippen molar-refractivity contribution >= 4 is 18.4 Å². The Morgan fingerprint density at radius 2 is 1.38 bits per heavy atom. The van der Waals surface area contributed by atoms with Crippen molar-refractivity contribution in [3.63, 3.8) is 0 Å². The van der Waals surface area contributed by atoms with E-state index in [-0.39, 0.29) is 6.61 Å². The van der Waals surface area contributed by atoms with Gasteiger partial charge in [-0.05, 0) is 0 Å². The standard InChI is InChI=1S/C6H11O2.3C4H9.Sn/c1-2-5-8-6-3-4-7;3*1-3-4-2;/h2,5,7H,1,3-4,6H2;3*1,3-4H2,2H3;/b5-2-;;;;. The van der Waals surface area contributed by atoms with Gasteiger partial charge in [0.1, 0.15) is 0 Å². The van der Waals surface area contributed by atoms with Crippen molar-refractivity contribution in [2.45, 2.75) is 83.5 Å². The van der Waals surface area contributed by atoms with Crippen LogP contribution in [0.1, 0.15) is 65.7 Å². The molecule has 0 spiro atoms. The normalized spacial score (nSPS) is 12.2. The maximum absolute atomic E-state index is 8.75. The fourth-order valence-corrected chi connectivity index (χ4v) is 18.0. The van der Waals surface area contributed by atoms with Crippen molar-refractivity contribution in [3.8, 4) is 0 Å². The Kier molecular flexibility index (Phi) is 15.4. The molecule has 126 valence electrons. The summed E-state index contributed by atoms with van der Waals surface area (Å²) in [4.78, 5) is 0. The number of aliphatic hydroxyl groups excluding tert-OH is 1. The van der Waals surface area contributed by atoms with Crippen molar-refractivity contribution in [2.24, 2.45) is 0 Å². The third-order valence-corrected chi connectivity index (χ3v) is 19.6. The Labute approximate surface area is 137 Å². The summed E-state index contributed by atoms with van der Waals surface area (Å²) in [5.74, 6) is 0. The number of allylic oxidation sites excluding steroid dienone is 1. The van der Waals surface area contributed by atoms with Crippen molar-refractivity contribution < 1.29 is 9.84 Å². The van der Waals surface area contributed by atoms with E-state index in [1.54, 1.807) is 13.3 Å². The first-order valence-electron chi connectivity index (χ1n) is 9.12. The zero-order valence-corrected chi connectivity index (χ0v) is 17.6. The van der Waals surface area contributed by atoms with Crippen LogP contribution in [0.3, 0.4) is 0 Å². The van der Waals surface area contributed by atoms with Gasteiger partial charge < -0.3 is 0 Å². The summed E-state index contributed by atoms with van der Waals surface area (Å²) in [6, 6.07) is 0. The summed E-state index contributed by atoms with van der Waals surface area (Å²) < 4.78 is 11.5.